The lowest BCUT2D eigenvalue weighted by molar-refractivity contribution is 0.382. The first-order valence-electron chi connectivity index (χ1n) is 13.1. The third kappa shape index (κ3) is 6.47. The Morgan fingerprint density at radius 3 is 0.611 bits per heavy atom. The number of hydrogen-bond acceptors (Lipinski definition) is 0. The molecule has 0 aliphatic carbocycles. The Morgan fingerprint density at radius 2 is 0.426 bits per heavy atom. The molecule has 0 saturated heterocycles. The fourth-order valence-electron chi connectivity index (χ4n) is 4.90. The first-order valence-corrected chi connectivity index (χ1v) is 13.1. The maximum Gasteiger partial charge on any atom is 0.321 e. The molecule has 0 N–H and O–H groups in total. The Labute approximate surface area is 283 Å². The van der Waals surface area contributed by atoms with Crippen molar-refractivity contribution in [1.29, 1.82) is 0 Å². The molecule has 280 valence electrons. The summed E-state index contributed by atoms with van der Waals surface area (Å²) < 4.78 is 321. The van der Waals surface area contributed by atoms with Crippen molar-refractivity contribution in [3.63, 3.8) is 0 Å². The molecule has 0 atom stereocenters. The molecule has 24 heteroatoms. The Bertz CT molecular complexity index is 2080. The predicted octanol–water partition coefficient (Wildman–Crippen LogP) is 7.24. The van der Waals surface area contributed by atoms with Gasteiger partial charge in [0.1, 0.15) is 0 Å². The van der Waals surface area contributed by atoms with Gasteiger partial charge in [0.15, 0.2) is 116 Å². The topological polar surface area (TPSA) is 0 Å². The van der Waals surface area contributed by atoms with Crippen molar-refractivity contribution in [2.24, 2.45) is 0 Å². The van der Waals surface area contributed by atoms with Gasteiger partial charge < -0.3 is 0 Å². The molecule has 0 amide bonds. The molecule has 0 aliphatic rings. The van der Waals surface area contributed by atoms with Crippen LogP contribution in [0.5, 0.6) is 0 Å². The van der Waals surface area contributed by atoms with Crippen LogP contribution in [0.1, 0.15) is 0 Å². The monoisotopic (exact) mass is 800 g/mol. The van der Waals surface area contributed by atoms with Crippen LogP contribution in [0.4, 0.5) is 96.6 Å². The molecule has 0 aliphatic heterocycles. The van der Waals surface area contributed by atoms with E-state index in [-0.39, 0.29) is 0 Å². The zero-order chi connectivity index (χ0) is 41.0. The summed E-state index contributed by atoms with van der Waals surface area (Å²) in [5.74, 6) is -66.3. The molecule has 0 nitrogen and oxygen atoms in total. The molecule has 0 saturated carbocycles. The average molecular weight is 800 g/mol. The Hall–Kier alpha value is -5.67. The largest absolute Gasteiger partial charge is 0.321 e. The third-order valence-electron chi connectivity index (χ3n) is 7.18. The van der Waals surface area contributed by atoms with Gasteiger partial charge >= 0.3 is 6.08 Å². The van der Waals surface area contributed by atoms with E-state index in [2.05, 4.69) is 0 Å². The van der Waals surface area contributed by atoms with E-state index in [0.717, 1.165) is 17.2 Å². The highest BCUT2D eigenvalue weighted by Gasteiger charge is 2.49. The minimum Gasteiger partial charge on any atom is -0.204 e. The van der Waals surface area contributed by atoms with E-state index in [1.54, 1.807) is 0 Å². The van der Waals surface area contributed by atoms with Gasteiger partial charge in [0.25, 0.3) is 13.4 Å². The number of halogens is 22. The highest BCUT2D eigenvalue weighted by molar-refractivity contribution is 7.09. The van der Waals surface area contributed by atoms with Crippen LogP contribution >= 0.6 is 0 Å². The fourth-order valence-corrected chi connectivity index (χ4v) is 4.90. The molecule has 0 aromatic heterocycles. The number of rotatable bonds is 6. The van der Waals surface area contributed by atoms with Gasteiger partial charge in [-0.1, -0.05) is 11.1 Å². The summed E-state index contributed by atoms with van der Waals surface area (Å²) in [6, 6.07) is 0. The average Bonchev–Trinajstić information content (AvgIpc) is 3.13. The predicted molar refractivity (Wildman–Crippen MR) is 138 cm³/mol. The molecule has 0 bridgehead atoms. The molecule has 4 rings (SSSR count). The Balaban J connectivity index is 2.58. The van der Waals surface area contributed by atoms with Crippen molar-refractivity contribution in [2.75, 3.05) is 0 Å². The van der Waals surface area contributed by atoms with Crippen LogP contribution < -0.4 is 21.9 Å². The highest BCUT2D eigenvalue weighted by Crippen LogP contribution is 2.27. The summed E-state index contributed by atoms with van der Waals surface area (Å²) in [5, 5.41) is -2.76. The molecule has 54 heavy (non-hydrogen) atoms. The highest BCUT2D eigenvalue weighted by atomic mass is 19.3. The summed E-state index contributed by atoms with van der Waals surface area (Å²) in [6.07, 6.45) is -2.97. The summed E-state index contributed by atoms with van der Waals surface area (Å²) in [5.41, 5.74) is -8.44. The van der Waals surface area contributed by atoms with Crippen molar-refractivity contribution < 1.29 is 96.6 Å². The third-order valence-corrected chi connectivity index (χ3v) is 7.18. The van der Waals surface area contributed by atoms with Gasteiger partial charge in [0.05, 0.1) is 0 Å². The molecular weight excluding hydrogens is 800 g/mol. The SMILES string of the molecule is FC(F)=C=C=C=C=C(B(c1c(F)c(F)c(F)c(F)c1F)c1c(F)c(F)c(F)c(F)c1F)B(c1c(F)c(F)c(F)c(F)c1F)c1c(F)c(F)c(F)c(F)c1F. The van der Waals surface area contributed by atoms with E-state index in [9.17, 15) is 61.5 Å². The molecular formula is C30B2F22. The number of benzene rings is 4. The lowest BCUT2D eigenvalue weighted by Crippen LogP contribution is -2.62. The molecule has 4 aromatic carbocycles. The van der Waals surface area contributed by atoms with E-state index < -0.39 is 163 Å². The minimum atomic E-state index is -4.41. The van der Waals surface area contributed by atoms with Crippen molar-refractivity contribution in [3.05, 3.63) is 151 Å². The second kappa shape index (κ2) is 15.0. The van der Waals surface area contributed by atoms with Crippen LogP contribution in [0, 0.1) is 116 Å². The number of hydrogen-bond donors (Lipinski definition) is 0. The minimum absolute atomic E-state index is 0.707. The second-order valence-corrected chi connectivity index (χ2v) is 10.0. The standard InChI is InChI=1S/C30B2F22/c33-6(34)4-2-1-3-5(31(7-11(35)19(43)27(51)20(44)12(7)36)8-13(37)21(45)28(52)22(46)14(8)38)32(9-15(39)23(47)29(53)24(48)16(9)40)10-17(41)25(49)30(54)26(50)18(10)42. The Kier molecular flexibility index (Phi) is 11.4. The zero-order valence-corrected chi connectivity index (χ0v) is 24.5. The second-order valence-electron chi connectivity index (χ2n) is 10.0. The van der Waals surface area contributed by atoms with Crippen LogP contribution in [0.2, 0.25) is 0 Å². The van der Waals surface area contributed by atoms with Crippen LogP contribution in [0.3, 0.4) is 0 Å². The summed E-state index contributed by atoms with van der Waals surface area (Å²) >= 11 is 0. The summed E-state index contributed by atoms with van der Waals surface area (Å²) in [7, 11) is 0. The van der Waals surface area contributed by atoms with Gasteiger partial charge in [-0.2, -0.15) is 8.78 Å². The molecule has 0 spiro atoms. The lowest BCUT2D eigenvalue weighted by atomic mass is 9.18. The molecule has 0 radical (unpaired) electrons. The van der Waals surface area contributed by atoms with Crippen LogP contribution in [-0.2, 0) is 0 Å². The Morgan fingerprint density at radius 1 is 0.259 bits per heavy atom. The van der Waals surface area contributed by atoms with E-state index in [1.165, 1.54) is 0 Å². The van der Waals surface area contributed by atoms with Crippen molar-refractivity contribution >= 4 is 35.3 Å². The van der Waals surface area contributed by atoms with Crippen molar-refractivity contribution in [1.82, 2.24) is 0 Å². The lowest BCUT2D eigenvalue weighted by Gasteiger charge is -2.26. The normalized spacial score (nSPS) is 10.9. The first-order chi connectivity index (χ1) is 25.0. The maximum absolute atomic E-state index is 15.4. The maximum atomic E-state index is 15.4. The van der Waals surface area contributed by atoms with Crippen LogP contribution in [0.15, 0.2) is 34.4 Å². The summed E-state index contributed by atoms with van der Waals surface area (Å²) in [6.45, 7) is -8.83. The van der Waals surface area contributed by atoms with Gasteiger partial charge in [-0.3, -0.25) is 0 Å². The molecule has 0 heterocycles. The molecule has 4 aromatic rings. The van der Waals surface area contributed by atoms with E-state index >= 15 is 35.1 Å². The fraction of sp³-hybridized carbons (Fsp3) is 0. The van der Waals surface area contributed by atoms with Crippen molar-refractivity contribution in [3.8, 4) is 0 Å². The molecule has 0 unspecified atom stereocenters. The quantitative estimate of drug-likeness (QED) is 0.0636. The van der Waals surface area contributed by atoms with Gasteiger partial charge in [0.2, 0.25) is 0 Å². The smallest absolute Gasteiger partial charge is 0.204 e. The van der Waals surface area contributed by atoms with Crippen LogP contribution in [0.25, 0.3) is 0 Å². The van der Waals surface area contributed by atoms with Crippen LogP contribution in [-0.4, -0.2) is 13.4 Å². The van der Waals surface area contributed by atoms with Gasteiger partial charge in [-0.25, -0.2) is 87.8 Å². The van der Waals surface area contributed by atoms with Gasteiger partial charge in [0, 0.05) is 27.6 Å². The zero-order valence-electron chi connectivity index (χ0n) is 24.5. The van der Waals surface area contributed by atoms with E-state index in [4.69, 9.17) is 0 Å². The molecule has 0 fully saturated rings. The van der Waals surface area contributed by atoms with E-state index in [1.807, 2.05) is 0 Å². The van der Waals surface area contributed by atoms with Gasteiger partial charge in [-0.05, 0) is 11.5 Å². The van der Waals surface area contributed by atoms with Crippen molar-refractivity contribution in [2.45, 2.75) is 0 Å². The van der Waals surface area contributed by atoms with E-state index in [0.29, 0.717) is 5.73 Å². The van der Waals surface area contributed by atoms with Gasteiger partial charge in [-0.15, -0.1) is 0 Å². The summed E-state index contributed by atoms with van der Waals surface area (Å²) in [4.78, 5) is 0. The first kappa shape index (κ1) is 41.1.